The molecule has 0 spiro atoms. The van der Waals surface area contributed by atoms with E-state index >= 15 is 0 Å². The van der Waals surface area contributed by atoms with Crippen LogP contribution in [0.25, 0.3) is 5.57 Å². The molecule has 176 valence electrons. The van der Waals surface area contributed by atoms with Crippen LogP contribution in [-0.4, -0.2) is 4.87 Å². The Kier molecular flexibility index (Phi) is 8.47. The van der Waals surface area contributed by atoms with Gasteiger partial charge in [0.05, 0.1) is 4.87 Å². The van der Waals surface area contributed by atoms with Crippen LogP contribution in [0.1, 0.15) is 93.7 Å². The van der Waals surface area contributed by atoms with Crippen molar-refractivity contribution in [2.24, 2.45) is 5.92 Å². The predicted molar refractivity (Wildman–Crippen MR) is 140 cm³/mol. The molecule has 1 fully saturated rings. The average Bonchev–Trinajstić information content (AvgIpc) is 2.85. The van der Waals surface area contributed by atoms with E-state index in [-0.39, 0.29) is 10.7 Å². The largest absolute Gasteiger partial charge is 0.206 e. The Morgan fingerprint density at radius 2 is 1.73 bits per heavy atom. The van der Waals surface area contributed by atoms with Gasteiger partial charge in [-0.3, -0.25) is 0 Å². The molecule has 0 saturated heterocycles. The van der Waals surface area contributed by atoms with Crippen LogP contribution in [0.3, 0.4) is 0 Å². The van der Waals surface area contributed by atoms with Gasteiger partial charge in [0.1, 0.15) is 5.82 Å². The van der Waals surface area contributed by atoms with Gasteiger partial charge in [-0.2, -0.15) is 0 Å². The number of rotatable bonds is 9. The van der Waals surface area contributed by atoms with Crippen molar-refractivity contribution < 1.29 is 4.39 Å². The average molecular weight is 465 g/mol. The molecule has 1 atom stereocenters. The summed E-state index contributed by atoms with van der Waals surface area (Å²) in [4.78, 5) is -0.320. The van der Waals surface area contributed by atoms with E-state index < -0.39 is 0 Å². The van der Waals surface area contributed by atoms with Crippen molar-refractivity contribution in [3.05, 3.63) is 89.3 Å². The molecule has 1 saturated carbocycles. The highest BCUT2D eigenvalue weighted by Gasteiger charge is 2.29. The molecular weight excluding hydrogens is 427 g/mol. The summed E-state index contributed by atoms with van der Waals surface area (Å²) in [5, 5.41) is 0. The van der Waals surface area contributed by atoms with Crippen LogP contribution >= 0.6 is 11.6 Å². The van der Waals surface area contributed by atoms with E-state index in [0.29, 0.717) is 5.56 Å². The monoisotopic (exact) mass is 464 g/mol. The maximum Gasteiger partial charge on any atom is 0.131 e. The molecule has 0 aliphatic heterocycles. The van der Waals surface area contributed by atoms with Crippen molar-refractivity contribution in [1.29, 1.82) is 0 Å². The maximum atomic E-state index is 14.1. The van der Waals surface area contributed by atoms with Gasteiger partial charge in [0.15, 0.2) is 0 Å². The molecule has 2 aliphatic carbocycles. The van der Waals surface area contributed by atoms with Gasteiger partial charge in [0.25, 0.3) is 0 Å². The van der Waals surface area contributed by atoms with Crippen molar-refractivity contribution in [3.8, 4) is 0 Å². The number of hydrogen-bond acceptors (Lipinski definition) is 0. The quantitative estimate of drug-likeness (QED) is 0.256. The van der Waals surface area contributed by atoms with Crippen LogP contribution in [0.5, 0.6) is 0 Å². The summed E-state index contributed by atoms with van der Waals surface area (Å²) in [6.07, 6.45) is 19.5. The second kappa shape index (κ2) is 11.5. The Balaban J connectivity index is 1.22. The third-order valence-corrected chi connectivity index (χ3v) is 8.21. The fourth-order valence-electron chi connectivity index (χ4n) is 5.50. The van der Waals surface area contributed by atoms with Crippen molar-refractivity contribution in [1.82, 2.24) is 0 Å². The minimum atomic E-state index is -0.320. The summed E-state index contributed by atoms with van der Waals surface area (Å²) in [7, 11) is 0. The maximum absolute atomic E-state index is 14.1. The highest BCUT2D eigenvalue weighted by Crippen LogP contribution is 2.41. The van der Waals surface area contributed by atoms with Crippen LogP contribution in [0.15, 0.2) is 66.8 Å². The van der Waals surface area contributed by atoms with Crippen LogP contribution in [0, 0.1) is 11.7 Å². The lowest BCUT2D eigenvalue weighted by Gasteiger charge is -2.32. The van der Waals surface area contributed by atoms with Gasteiger partial charge in [-0.05, 0) is 92.4 Å². The van der Waals surface area contributed by atoms with E-state index in [4.69, 9.17) is 11.6 Å². The molecule has 2 heteroatoms. The first-order valence-corrected chi connectivity index (χ1v) is 13.4. The Morgan fingerprint density at radius 3 is 2.39 bits per heavy atom. The Labute approximate surface area is 205 Å². The normalized spacial score (nSPS) is 25.1. The SMILES string of the molecule is CCCCCc1ccc([C@H]2CC[C@H](CCC3(Cl)C=CC(c4ccccc4F)=CC3)CC2)cc1. The van der Waals surface area contributed by atoms with E-state index in [1.165, 1.54) is 75.0 Å². The van der Waals surface area contributed by atoms with Gasteiger partial charge in [-0.15, -0.1) is 11.6 Å². The third kappa shape index (κ3) is 6.60. The van der Waals surface area contributed by atoms with Gasteiger partial charge >= 0.3 is 0 Å². The first-order valence-electron chi connectivity index (χ1n) is 13.0. The zero-order chi connectivity index (χ0) is 23.1. The summed E-state index contributed by atoms with van der Waals surface area (Å²) in [6.45, 7) is 2.26. The fraction of sp³-hybridized carbons (Fsp3) is 0.484. The van der Waals surface area contributed by atoms with Crippen molar-refractivity contribution in [2.75, 3.05) is 0 Å². The lowest BCUT2D eigenvalue weighted by atomic mass is 9.76. The summed E-state index contributed by atoms with van der Waals surface area (Å²) in [5.41, 5.74) is 4.63. The molecule has 0 bridgehead atoms. The lowest BCUT2D eigenvalue weighted by molar-refractivity contribution is 0.298. The fourth-order valence-corrected chi connectivity index (χ4v) is 5.75. The molecule has 33 heavy (non-hydrogen) atoms. The van der Waals surface area contributed by atoms with Gasteiger partial charge in [-0.25, -0.2) is 4.39 Å². The molecule has 0 nitrogen and oxygen atoms in total. The molecule has 4 rings (SSSR count). The number of alkyl halides is 1. The molecule has 0 N–H and O–H groups in total. The molecule has 0 radical (unpaired) electrons. The summed E-state index contributed by atoms with van der Waals surface area (Å²) in [5.74, 6) is 1.32. The molecule has 2 aromatic carbocycles. The Bertz CT molecular complexity index is 949. The number of halogens is 2. The van der Waals surface area contributed by atoms with Crippen LogP contribution < -0.4 is 0 Å². The lowest BCUT2D eigenvalue weighted by Crippen LogP contribution is -2.22. The summed E-state index contributed by atoms with van der Waals surface area (Å²) < 4.78 is 14.1. The summed E-state index contributed by atoms with van der Waals surface area (Å²) in [6, 6.07) is 16.4. The minimum absolute atomic E-state index is 0.168. The molecule has 0 heterocycles. The zero-order valence-electron chi connectivity index (χ0n) is 20.0. The van der Waals surface area contributed by atoms with Crippen molar-refractivity contribution >= 4 is 17.2 Å². The van der Waals surface area contributed by atoms with Crippen LogP contribution in [-0.2, 0) is 6.42 Å². The van der Waals surface area contributed by atoms with E-state index in [2.05, 4.69) is 43.3 Å². The number of benzene rings is 2. The second-order valence-electron chi connectivity index (χ2n) is 10.2. The Hall–Kier alpha value is -1.86. The first kappa shape index (κ1) is 24.3. The second-order valence-corrected chi connectivity index (χ2v) is 10.9. The van der Waals surface area contributed by atoms with Gasteiger partial charge in [0, 0.05) is 5.56 Å². The highest BCUT2D eigenvalue weighted by atomic mass is 35.5. The van der Waals surface area contributed by atoms with Crippen LogP contribution in [0.2, 0.25) is 0 Å². The van der Waals surface area contributed by atoms with E-state index in [9.17, 15) is 4.39 Å². The summed E-state index contributed by atoms with van der Waals surface area (Å²) >= 11 is 6.95. The zero-order valence-corrected chi connectivity index (χ0v) is 20.8. The van der Waals surface area contributed by atoms with E-state index in [1.54, 1.807) is 6.07 Å². The smallest absolute Gasteiger partial charge is 0.131 e. The minimum Gasteiger partial charge on any atom is -0.206 e. The van der Waals surface area contributed by atoms with Gasteiger partial charge in [-0.1, -0.05) is 80.5 Å². The van der Waals surface area contributed by atoms with E-state index in [1.807, 2.05) is 18.2 Å². The third-order valence-electron chi connectivity index (χ3n) is 7.74. The highest BCUT2D eigenvalue weighted by molar-refractivity contribution is 6.25. The molecule has 1 unspecified atom stereocenters. The molecular formula is C31H38ClF. The topological polar surface area (TPSA) is 0 Å². The molecule has 2 aliphatic rings. The van der Waals surface area contributed by atoms with E-state index in [0.717, 1.165) is 30.3 Å². The van der Waals surface area contributed by atoms with Crippen molar-refractivity contribution in [3.63, 3.8) is 0 Å². The number of unbranched alkanes of at least 4 members (excludes halogenated alkanes) is 2. The number of allylic oxidation sites excluding steroid dienone is 4. The molecule has 0 aromatic heterocycles. The van der Waals surface area contributed by atoms with Gasteiger partial charge < -0.3 is 0 Å². The van der Waals surface area contributed by atoms with Crippen molar-refractivity contribution in [2.45, 2.75) is 88.3 Å². The first-order chi connectivity index (χ1) is 16.1. The Morgan fingerprint density at radius 1 is 0.970 bits per heavy atom. The number of aryl methyl sites for hydroxylation is 1. The van der Waals surface area contributed by atoms with Crippen LogP contribution in [0.4, 0.5) is 4.39 Å². The standard InChI is InChI=1S/C31H38ClF/c1-2-3-4-7-24-10-14-26(15-11-24)27-16-12-25(13-17-27)18-21-31(32)22-19-28(20-23-31)29-8-5-6-9-30(29)33/h5-6,8-11,14-15,19-20,22,25,27H,2-4,7,12-13,16-18,21,23H2,1H3/t25-,27-,31?. The number of hydrogen-bond donors (Lipinski definition) is 0. The molecule has 2 aromatic rings. The molecule has 0 amide bonds. The predicted octanol–water partition coefficient (Wildman–Crippen LogP) is 9.63. The van der Waals surface area contributed by atoms with Gasteiger partial charge in [0.2, 0.25) is 0 Å².